The smallest absolute Gasteiger partial charge is 0.416 e. The van der Waals surface area contributed by atoms with Crippen molar-refractivity contribution in [1.29, 1.82) is 0 Å². The number of carbonyl (C=O) groups excluding carboxylic acids is 3. The van der Waals surface area contributed by atoms with Gasteiger partial charge in [-0.2, -0.15) is 13.2 Å². The third kappa shape index (κ3) is 11.4. The fourth-order valence-corrected chi connectivity index (χ4v) is 3.99. The van der Waals surface area contributed by atoms with Gasteiger partial charge in [-0.25, -0.2) is 4.79 Å². The Morgan fingerprint density at radius 1 is 0.907 bits per heavy atom. The highest BCUT2D eigenvalue weighted by molar-refractivity contribution is 5.90. The molecule has 0 aliphatic heterocycles. The van der Waals surface area contributed by atoms with Crippen LogP contribution in [-0.4, -0.2) is 66.6 Å². The van der Waals surface area contributed by atoms with Gasteiger partial charge < -0.3 is 35.7 Å². The van der Waals surface area contributed by atoms with E-state index in [1.54, 1.807) is 45.0 Å². The zero-order valence-corrected chi connectivity index (χ0v) is 25.0. The molecule has 0 unspecified atom stereocenters. The summed E-state index contributed by atoms with van der Waals surface area (Å²) >= 11 is 0. The Balaban J connectivity index is 2.14. The molecule has 0 radical (unpaired) electrons. The van der Waals surface area contributed by atoms with E-state index in [4.69, 9.17) is 19.9 Å². The van der Waals surface area contributed by atoms with Crippen LogP contribution >= 0.6 is 0 Å². The molecule has 2 aromatic rings. The number of nitrogens with one attached hydrogen (secondary N) is 2. The molecule has 10 nitrogen and oxygen atoms in total. The van der Waals surface area contributed by atoms with Gasteiger partial charge in [-0.15, -0.1) is 0 Å². The molecule has 2 rings (SSSR count). The lowest BCUT2D eigenvalue weighted by Gasteiger charge is -2.31. The number of aliphatic hydroxyl groups is 1. The van der Waals surface area contributed by atoms with Crippen LogP contribution in [0, 0.1) is 5.92 Å². The third-order valence-electron chi connectivity index (χ3n) is 6.19. The van der Waals surface area contributed by atoms with E-state index in [1.807, 2.05) is 0 Å². The van der Waals surface area contributed by atoms with E-state index in [1.165, 1.54) is 45.2 Å². The van der Waals surface area contributed by atoms with Crippen LogP contribution in [0.1, 0.15) is 51.8 Å². The number of methoxy groups -OCH3 is 1. The second-order valence-electron chi connectivity index (χ2n) is 11.3. The third-order valence-corrected chi connectivity index (χ3v) is 6.19. The zero-order valence-electron chi connectivity index (χ0n) is 25.0. The van der Waals surface area contributed by atoms with Crippen molar-refractivity contribution in [2.45, 2.75) is 77.0 Å². The highest BCUT2D eigenvalue weighted by atomic mass is 19.4. The normalized spacial score (nSPS) is 14.7. The van der Waals surface area contributed by atoms with Crippen LogP contribution in [0.3, 0.4) is 0 Å². The maximum atomic E-state index is 13.3. The summed E-state index contributed by atoms with van der Waals surface area (Å²) in [6.07, 6.45) is -7.74. The summed E-state index contributed by atoms with van der Waals surface area (Å²) in [6.45, 7) is 7.78. The maximum absolute atomic E-state index is 13.3. The Labute approximate surface area is 249 Å². The van der Waals surface area contributed by atoms with Crippen LogP contribution in [0.4, 0.5) is 13.2 Å². The average Bonchev–Trinajstić information content (AvgIpc) is 2.92. The largest absolute Gasteiger partial charge is 0.497 e. The van der Waals surface area contributed by atoms with Crippen molar-refractivity contribution in [3.63, 3.8) is 0 Å². The topological polar surface area (TPSA) is 149 Å². The zero-order chi connectivity index (χ0) is 32.5. The number of rotatable bonds is 13. The molecule has 43 heavy (non-hydrogen) atoms. The van der Waals surface area contributed by atoms with Crippen LogP contribution in [0.25, 0.3) is 0 Å². The second kappa shape index (κ2) is 15.1. The average molecular weight is 612 g/mol. The molecule has 0 saturated heterocycles. The van der Waals surface area contributed by atoms with E-state index in [2.05, 4.69) is 10.6 Å². The van der Waals surface area contributed by atoms with E-state index < -0.39 is 59.7 Å². The summed E-state index contributed by atoms with van der Waals surface area (Å²) in [5.41, 5.74) is 6.39. The number of ether oxygens (including phenoxy) is 3. The molecule has 0 aliphatic rings. The summed E-state index contributed by atoms with van der Waals surface area (Å²) in [4.78, 5) is 38.2. The van der Waals surface area contributed by atoms with E-state index >= 15 is 0 Å². The van der Waals surface area contributed by atoms with Crippen molar-refractivity contribution in [2.24, 2.45) is 11.7 Å². The first-order valence-electron chi connectivity index (χ1n) is 13.6. The molecule has 0 spiro atoms. The first kappa shape index (κ1) is 35.4. The lowest BCUT2D eigenvalue weighted by molar-refractivity contribution is -0.215. The van der Waals surface area contributed by atoms with Gasteiger partial charge in [0.1, 0.15) is 23.1 Å². The first-order chi connectivity index (χ1) is 19.9. The molecule has 4 atom stereocenters. The van der Waals surface area contributed by atoms with Crippen LogP contribution in [0.5, 0.6) is 11.5 Å². The molecule has 0 bridgehead atoms. The van der Waals surface area contributed by atoms with E-state index in [9.17, 15) is 32.7 Å². The van der Waals surface area contributed by atoms with Gasteiger partial charge in [0.15, 0.2) is 12.7 Å². The predicted octanol–water partition coefficient (Wildman–Crippen LogP) is 3.21. The minimum atomic E-state index is -4.97. The van der Waals surface area contributed by atoms with Gasteiger partial charge in [-0.05, 0) is 68.5 Å². The van der Waals surface area contributed by atoms with Gasteiger partial charge in [0.05, 0.1) is 19.2 Å². The molecule has 13 heteroatoms. The Bertz CT molecular complexity index is 1210. The van der Waals surface area contributed by atoms with Crippen LogP contribution in [0.2, 0.25) is 0 Å². The summed E-state index contributed by atoms with van der Waals surface area (Å²) < 4.78 is 55.6. The number of hydrogen-bond acceptors (Lipinski definition) is 8. The maximum Gasteiger partial charge on any atom is 0.416 e. The highest BCUT2D eigenvalue weighted by Gasteiger charge is 2.45. The van der Waals surface area contributed by atoms with E-state index in [-0.39, 0.29) is 18.6 Å². The number of hydrogen-bond donors (Lipinski definition) is 4. The van der Waals surface area contributed by atoms with Crippen molar-refractivity contribution in [1.82, 2.24) is 10.6 Å². The fourth-order valence-electron chi connectivity index (χ4n) is 3.99. The number of halogens is 3. The fraction of sp³-hybridized carbons (Fsp3) is 0.500. The van der Waals surface area contributed by atoms with Crippen LogP contribution in [0.15, 0.2) is 48.5 Å². The Kier molecular flexibility index (Phi) is 12.4. The Hall–Kier alpha value is -3.84. The summed E-state index contributed by atoms with van der Waals surface area (Å²) in [5, 5.41) is 14.6. The molecular formula is C30H40F3N3O7. The lowest BCUT2D eigenvalue weighted by atomic mass is 9.96. The van der Waals surface area contributed by atoms with Crippen LogP contribution in [-0.2, 0) is 25.5 Å². The van der Waals surface area contributed by atoms with Crippen molar-refractivity contribution >= 4 is 17.8 Å². The number of carbonyl (C=O) groups is 3. The summed E-state index contributed by atoms with van der Waals surface area (Å²) in [7, 11) is 1.44. The SMILES string of the molecule is COc1ccc([C@H](NC(=O)[C@@H](N)Cc2ccc(OCC(=O)OC(C)(C)C)cc2)C(=O)N[C@@H](C(C)C)[C@H](O)C(F)(F)F)cc1. The van der Waals surface area contributed by atoms with Gasteiger partial charge >= 0.3 is 12.1 Å². The van der Waals surface area contributed by atoms with Gasteiger partial charge in [-0.1, -0.05) is 38.1 Å². The number of alkyl halides is 3. The standard InChI is InChI=1S/C30H40F3N3O7/c1-17(2)24(26(38)30(31,32)33)35-28(40)25(19-9-13-20(41-6)14-10-19)36-27(39)22(34)15-18-7-11-21(12-8-18)42-16-23(37)43-29(3,4)5/h7-14,17,22,24-26,38H,15-16,34H2,1-6H3,(H,35,40)(H,36,39)/t22-,24-,25-,26-/m0/s1. The van der Waals surface area contributed by atoms with Crippen molar-refractivity contribution in [3.05, 3.63) is 59.7 Å². The van der Waals surface area contributed by atoms with Crippen molar-refractivity contribution < 1.29 is 46.9 Å². The monoisotopic (exact) mass is 611 g/mol. The van der Waals surface area contributed by atoms with Crippen LogP contribution < -0.4 is 25.8 Å². The summed E-state index contributed by atoms with van der Waals surface area (Å²) in [6, 6.07) is 8.27. The molecule has 0 fully saturated rings. The molecular weight excluding hydrogens is 571 g/mol. The molecule has 0 heterocycles. The molecule has 0 aliphatic carbocycles. The number of amides is 2. The molecule has 2 amide bonds. The second-order valence-corrected chi connectivity index (χ2v) is 11.3. The molecule has 0 saturated carbocycles. The Morgan fingerprint density at radius 2 is 1.47 bits per heavy atom. The van der Waals surface area contributed by atoms with Gasteiger partial charge in [0.25, 0.3) is 0 Å². The summed E-state index contributed by atoms with van der Waals surface area (Å²) in [5.74, 6) is -2.16. The molecule has 0 aromatic heterocycles. The number of benzene rings is 2. The quantitative estimate of drug-likeness (QED) is 0.253. The number of esters is 1. The van der Waals surface area contributed by atoms with Gasteiger partial charge in [-0.3, -0.25) is 9.59 Å². The van der Waals surface area contributed by atoms with Crippen molar-refractivity contribution in [3.8, 4) is 11.5 Å². The van der Waals surface area contributed by atoms with Gasteiger partial charge in [0.2, 0.25) is 11.8 Å². The number of nitrogens with two attached hydrogens (primary N) is 1. The highest BCUT2D eigenvalue weighted by Crippen LogP contribution is 2.26. The minimum absolute atomic E-state index is 0.0521. The van der Waals surface area contributed by atoms with Crippen molar-refractivity contribution in [2.75, 3.05) is 13.7 Å². The van der Waals surface area contributed by atoms with E-state index in [0.717, 1.165) is 0 Å². The van der Waals surface area contributed by atoms with Gasteiger partial charge in [0, 0.05) is 0 Å². The molecule has 238 valence electrons. The first-order valence-corrected chi connectivity index (χ1v) is 13.6. The molecule has 2 aromatic carbocycles. The lowest BCUT2D eigenvalue weighted by Crippen LogP contribution is -2.56. The minimum Gasteiger partial charge on any atom is -0.497 e. The predicted molar refractivity (Wildman–Crippen MR) is 152 cm³/mol. The molecule has 5 N–H and O–H groups in total. The number of aliphatic hydroxyl groups excluding tert-OH is 1. The van der Waals surface area contributed by atoms with E-state index in [0.29, 0.717) is 17.1 Å². The Morgan fingerprint density at radius 3 is 1.95 bits per heavy atom.